The zero-order valence-electron chi connectivity index (χ0n) is 17.1. The third-order valence-corrected chi connectivity index (χ3v) is 9.02. The second-order valence-electron chi connectivity index (χ2n) is 8.61. The van der Waals surface area contributed by atoms with Gasteiger partial charge < -0.3 is 23.6 Å². The Kier molecular flexibility index (Phi) is 4.75. The first-order valence-corrected chi connectivity index (χ1v) is 12.9. The lowest BCUT2D eigenvalue weighted by molar-refractivity contribution is -0.145. The van der Waals surface area contributed by atoms with Crippen LogP contribution in [0.5, 0.6) is 0 Å². The molecule has 0 aromatic heterocycles. The molecule has 1 aromatic rings. The molecule has 0 saturated carbocycles. The summed E-state index contributed by atoms with van der Waals surface area (Å²) in [6.07, 6.45) is -0.683. The van der Waals surface area contributed by atoms with Crippen LogP contribution in [0.2, 0.25) is 18.6 Å². The topological polar surface area (TPSA) is 79.3 Å². The number of aliphatic hydroxyl groups excluding tert-OH is 1. The number of fused-ring (bicyclic) bond motifs is 2. The lowest BCUT2D eigenvalue weighted by Gasteiger charge is -2.31. The lowest BCUT2D eigenvalue weighted by Crippen LogP contribution is -2.44. The van der Waals surface area contributed by atoms with Gasteiger partial charge in [-0.1, -0.05) is 6.92 Å². The summed E-state index contributed by atoms with van der Waals surface area (Å²) in [4.78, 5) is 28.5. The number of carbonyl (C=O) groups is 2. The van der Waals surface area contributed by atoms with Crippen LogP contribution < -0.4 is 9.80 Å². The standard InChI is InChI=1S/C20H27FN2O5Si/c1-12-17(29(3,4)21)16(7-9-24)28-20(12)14-11-13(23-8-10-27-19(23)26)5-6-15(14)22(2)18(20)25/h5-6,11-12,16-17,24H,7-10H2,1-4H3/t12-,16+,17-,20+/m1/s1. The number of amides is 2. The van der Waals surface area contributed by atoms with Crippen LogP contribution in [0.1, 0.15) is 18.9 Å². The molecule has 3 heterocycles. The Morgan fingerprint density at radius 3 is 2.66 bits per heavy atom. The van der Waals surface area contributed by atoms with Gasteiger partial charge in [-0.2, -0.15) is 0 Å². The van der Waals surface area contributed by atoms with Gasteiger partial charge in [0.15, 0.2) is 5.60 Å². The highest BCUT2D eigenvalue weighted by Crippen LogP contribution is 2.60. The Hall–Kier alpha value is -1.97. The first-order valence-electron chi connectivity index (χ1n) is 9.97. The molecule has 2 amide bonds. The molecule has 4 rings (SSSR count). The van der Waals surface area contributed by atoms with Crippen molar-refractivity contribution in [2.24, 2.45) is 5.92 Å². The van der Waals surface area contributed by atoms with Crippen LogP contribution in [-0.4, -0.2) is 58.4 Å². The summed E-state index contributed by atoms with van der Waals surface area (Å²) in [6.45, 7) is 5.74. The molecule has 1 spiro atoms. The summed E-state index contributed by atoms with van der Waals surface area (Å²) >= 11 is 0. The number of likely N-dealkylation sites (N-methyl/N-ethyl adjacent to an activating group) is 1. The summed E-state index contributed by atoms with van der Waals surface area (Å²) in [5, 5.41) is 9.52. The summed E-state index contributed by atoms with van der Waals surface area (Å²) < 4.78 is 26.7. The van der Waals surface area contributed by atoms with E-state index in [9.17, 15) is 14.7 Å². The van der Waals surface area contributed by atoms with Crippen LogP contribution in [0, 0.1) is 5.92 Å². The van der Waals surface area contributed by atoms with Crippen LogP contribution in [0.25, 0.3) is 0 Å². The molecule has 9 heteroatoms. The predicted molar refractivity (Wildman–Crippen MR) is 108 cm³/mol. The number of ether oxygens (including phenoxy) is 2. The van der Waals surface area contributed by atoms with Crippen molar-refractivity contribution in [3.63, 3.8) is 0 Å². The first kappa shape index (κ1) is 20.3. The summed E-state index contributed by atoms with van der Waals surface area (Å²) in [5.74, 6) is -0.632. The fourth-order valence-corrected chi connectivity index (χ4v) is 7.88. The summed E-state index contributed by atoms with van der Waals surface area (Å²) in [7, 11) is -1.51. The molecule has 0 unspecified atom stereocenters. The maximum Gasteiger partial charge on any atom is 0.414 e. The van der Waals surface area contributed by atoms with Gasteiger partial charge in [0.1, 0.15) is 6.61 Å². The molecule has 2 saturated heterocycles. The number of anilines is 2. The summed E-state index contributed by atoms with van der Waals surface area (Å²) in [6, 6.07) is 5.38. The van der Waals surface area contributed by atoms with Crippen LogP contribution >= 0.6 is 0 Å². The van der Waals surface area contributed by atoms with E-state index in [2.05, 4.69) is 0 Å². The average Bonchev–Trinajstić information content (AvgIpc) is 3.26. The normalized spacial score (nSPS) is 31.7. The van der Waals surface area contributed by atoms with E-state index in [0.29, 0.717) is 30.1 Å². The minimum absolute atomic E-state index is 0.134. The van der Waals surface area contributed by atoms with Crippen LogP contribution in [0.4, 0.5) is 20.3 Å². The third-order valence-electron chi connectivity index (χ3n) is 6.56. The zero-order valence-corrected chi connectivity index (χ0v) is 18.1. The molecule has 3 aliphatic rings. The van der Waals surface area contributed by atoms with Gasteiger partial charge in [-0.15, -0.1) is 0 Å². The van der Waals surface area contributed by atoms with Gasteiger partial charge in [-0.25, -0.2) is 4.79 Å². The van der Waals surface area contributed by atoms with E-state index < -0.39 is 37.7 Å². The van der Waals surface area contributed by atoms with Crippen LogP contribution in [0.15, 0.2) is 18.2 Å². The maximum absolute atomic E-state index is 15.3. The van der Waals surface area contributed by atoms with E-state index in [0.717, 1.165) is 0 Å². The Morgan fingerprint density at radius 1 is 1.34 bits per heavy atom. The van der Waals surface area contributed by atoms with Crippen LogP contribution in [-0.2, 0) is 19.9 Å². The van der Waals surface area contributed by atoms with Gasteiger partial charge in [0.2, 0.25) is 8.41 Å². The molecule has 0 radical (unpaired) electrons. The molecule has 3 aliphatic heterocycles. The van der Waals surface area contributed by atoms with Gasteiger partial charge in [-0.05, 0) is 37.7 Å². The van der Waals surface area contributed by atoms with Crippen molar-refractivity contribution in [2.75, 3.05) is 36.6 Å². The van der Waals surface area contributed by atoms with E-state index in [1.807, 2.05) is 6.92 Å². The van der Waals surface area contributed by atoms with Crippen molar-refractivity contribution in [1.82, 2.24) is 0 Å². The monoisotopic (exact) mass is 422 g/mol. The van der Waals surface area contributed by atoms with Crippen LogP contribution in [0.3, 0.4) is 0 Å². The molecule has 7 nitrogen and oxygen atoms in total. The molecule has 1 N–H and O–H groups in total. The Morgan fingerprint density at radius 2 is 2.07 bits per heavy atom. The van der Waals surface area contributed by atoms with Gasteiger partial charge in [0, 0.05) is 36.4 Å². The SMILES string of the molecule is C[C@@H]1[C@@H]([Si](C)(C)F)[C@H](CCO)O[C@@]12C(=O)N(C)c1ccc(N3CCOC3=O)cc12. The summed E-state index contributed by atoms with van der Waals surface area (Å²) in [5.41, 5.74) is 0.227. The highest BCUT2D eigenvalue weighted by molar-refractivity contribution is 6.72. The van der Waals surface area contributed by atoms with Crippen molar-refractivity contribution >= 4 is 31.8 Å². The number of cyclic esters (lactones) is 1. The van der Waals surface area contributed by atoms with E-state index in [4.69, 9.17) is 9.47 Å². The second kappa shape index (κ2) is 6.78. The molecule has 4 atom stereocenters. The van der Waals surface area contributed by atoms with Gasteiger partial charge in [0.05, 0.1) is 18.3 Å². The third kappa shape index (κ3) is 2.82. The number of hydrogen-bond donors (Lipinski definition) is 1. The smallest absolute Gasteiger partial charge is 0.414 e. The van der Waals surface area contributed by atoms with Crippen molar-refractivity contribution in [3.05, 3.63) is 23.8 Å². The Bertz CT molecular complexity index is 860. The minimum atomic E-state index is -3.20. The van der Waals surface area contributed by atoms with Crippen molar-refractivity contribution in [3.8, 4) is 0 Å². The molecule has 29 heavy (non-hydrogen) atoms. The number of carbonyl (C=O) groups excluding carboxylic acids is 2. The predicted octanol–water partition coefficient (Wildman–Crippen LogP) is 2.78. The van der Waals surface area contributed by atoms with E-state index in [1.54, 1.807) is 43.2 Å². The van der Waals surface area contributed by atoms with Crippen molar-refractivity contribution in [1.29, 1.82) is 0 Å². The Balaban J connectivity index is 1.84. The van der Waals surface area contributed by atoms with Gasteiger partial charge in [-0.3, -0.25) is 9.69 Å². The quantitative estimate of drug-likeness (QED) is 0.596. The minimum Gasteiger partial charge on any atom is -0.447 e. The molecular weight excluding hydrogens is 395 g/mol. The number of nitrogens with zero attached hydrogens (tertiary/aromatic N) is 2. The first-order chi connectivity index (χ1) is 13.6. The second-order valence-corrected chi connectivity index (χ2v) is 12.4. The number of benzene rings is 1. The molecule has 1 aromatic carbocycles. The molecule has 158 valence electrons. The van der Waals surface area contributed by atoms with E-state index in [1.165, 1.54) is 4.90 Å². The number of halogens is 1. The number of rotatable bonds is 4. The Labute approximate surface area is 170 Å². The largest absolute Gasteiger partial charge is 0.447 e. The fraction of sp³-hybridized carbons (Fsp3) is 0.600. The molecule has 2 fully saturated rings. The lowest BCUT2D eigenvalue weighted by atomic mass is 9.82. The highest BCUT2D eigenvalue weighted by Gasteiger charge is 2.66. The molecular formula is C20H27FN2O5Si. The zero-order chi connectivity index (χ0) is 21.1. The maximum atomic E-state index is 15.3. The number of aliphatic hydroxyl groups is 1. The molecule has 0 aliphatic carbocycles. The highest BCUT2D eigenvalue weighted by atomic mass is 28.4. The average molecular weight is 423 g/mol. The van der Waals surface area contributed by atoms with Gasteiger partial charge >= 0.3 is 6.09 Å². The fourth-order valence-electron chi connectivity index (χ4n) is 5.33. The van der Waals surface area contributed by atoms with E-state index >= 15 is 4.11 Å². The van der Waals surface area contributed by atoms with Crippen molar-refractivity contribution in [2.45, 2.75) is 43.7 Å². The van der Waals surface area contributed by atoms with Gasteiger partial charge in [0.25, 0.3) is 5.91 Å². The number of hydrogen-bond acceptors (Lipinski definition) is 5. The van der Waals surface area contributed by atoms with E-state index in [-0.39, 0.29) is 18.9 Å². The van der Waals surface area contributed by atoms with Crippen molar-refractivity contribution < 1.29 is 28.3 Å². The molecule has 0 bridgehead atoms.